The lowest BCUT2D eigenvalue weighted by atomic mass is 10.2. The summed E-state index contributed by atoms with van der Waals surface area (Å²) in [5.74, 6) is 1.55. The van der Waals surface area contributed by atoms with Crippen molar-refractivity contribution < 1.29 is 9.47 Å². The minimum atomic E-state index is 0.162. The summed E-state index contributed by atoms with van der Waals surface area (Å²) in [6.07, 6.45) is 5.57. The molecule has 6 heteroatoms. The number of rotatable bonds is 7. The molecular formula is C18H24N4O2. The molecule has 2 aromatic heterocycles. The van der Waals surface area contributed by atoms with Gasteiger partial charge in [-0.15, -0.1) is 0 Å². The Labute approximate surface area is 142 Å². The Hall–Kier alpha value is -2.05. The van der Waals surface area contributed by atoms with Crippen LogP contribution in [0.3, 0.4) is 0 Å². The molecule has 0 spiro atoms. The van der Waals surface area contributed by atoms with Crippen LogP contribution in [0.5, 0.6) is 0 Å². The summed E-state index contributed by atoms with van der Waals surface area (Å²) in [5.41, 5.74) is 1.98. The SMILES string of the molecule is CCc1cc(NC(C)COC2CCOC2)nc(-c2ccncc2)n1. The fourth-order valence-electron chi connectivity index (χ4n) is 2.60. The van der Waals surface area contributed by atoms with Gasteiger partial charge in [-0.05, 0) is 31.9 Å². The molecule has 1 saturated heterocycles. The van der Waals surface area contributed by atoms with Crippen LogP contribution in [-0.2, 0) is 15.9 Å². The molecule has 1 N–H and O–H groups in total. The van der Waals surface area contributed by atoms with E-state index >= 15 is 0 Å². The maximum absolute atomic E-state index is 5.87. The number of anilines is 1. The minimum Gasteiger partial charge on any atom is -0.379 e. The van der Waals surface area contributed by atoms with Crippen LogP contribution in [0.1, 0.15) is 26.0 Å². The summed E-state index contributed by atoms with van der Waals surface area (Å²) in [5, 5.41) is 3.42. The van der Waals surface area contributed by atoms with E-state index in [1.807, 2.05) is 18.2 Å². The number of hydrogen-bond acceptors (Lipinski definition) is 6. The lowest BCUT2D eigenvalue weighted by Gasteiger charge is -2.18. The quantitative estimate of drug-likeness (QED) is 0.843. The third-order valence-electron chi connectivity index (χ3n) is 3.94. The van der Waals surface area contributed by atoms with E-state index < -0.39 is 0 Å². The van der Waals surface area contributed by atoms with Crippen molar-refractivity contribution in [2.75, 3.05) is 25.1 Å². The van der Waals surface area contributed by atoms with Gasteiger partial charge in [-0.1, -0.05) is 6.92 Å². The van der Waals surface area contributed by atoms with Crippen molar-refractivity contribution in [1.82, 2.24) is 15.0 Å². The van der Waals surface area contributed by atoms with Gasteiger partial charge in [0.1, 0.15) is 5.82 Å². The number of pyridine rings is 1. The molecule has 24 heavy (non-hydrogen) atoms. The largest absolute Gasteiger partial charge is 0.379 e. The number of aryl methyl sites for hydroxylation is 1. The standard InChI is InChI=1S/C18H24N4O2/c1-3-15-10-17(20-13(2)11-24-16-6-9-23-12-16)22-18(21-15)14-4-7-19-8-5-14/h4-5,7-8,10,13,16H,3,6,9,11-12H2,1-2H3,(H,20,21,22). The van der Waals surface area contributed by atoms with Gasteiger partial charge in [0, 0.05) is 42.4 Å². The average Bonchev–Trinajstić information content (AvgIpc) is 3.14. The van der Waals surface area contributed by atoms with Crippen molar-refractivity contribution in [3.05, 3.63) is 36.3 Å². The van der Waals surface area contributed by atoms with E-state index in [0.717, 1.165) is 42.3 Å². The van der Waals surface area contributed by atoms with Crippen LogP contribution in [0.15, 0.2) is 30.6 Å². The van der Waals surface area contributed by atoms with Crippen molar-refractivity contribution in [2.24, 2.45) is 0 Å². The van der Waals surface area contributed by atoms with E-state index in [9.17, 15) is 0 Å². The summed E-state index contributed by atoms with van der Waals surface area (Å²) in [4.78, 5) is 13.3. The van der Waals surface area contributed by atoms with Gasteiger partial charge in [0.2, 0.25) is 0 Å². The molecule has 1 fully saturated rings. The Morgan fingerprint density at radius 1 is 1.33 bits per heavy atom. The van der Waals surface area contributed by atoms with E-state index in [1.54, 1.807) is 12.4 Å². The molecule has 6 nitrogen and oxygen atoms in total. The van der Waals surface area contributed by atoms with Crippen molar-refractivity contribution in [3.8, 4) is 11.4 Å². The number of nitrogens with zero attached hydrogens (tertiary/aromatic N) is 3. The van der Waals surface area contributed by atoms with Gasteiger partial charge in [0.25, 0.3) is 0 Å². The molecular weight excluding hydrogens is 304 g/mol. The third kappa shape index (κ3) is 4.49. The van der Waals surface area contributed by atoms with Crippen molar-refractivity contribution in [3.63, 3.8) is 0 Å². The summed E-state index contributed by atoms with van der Waals surface area (Å²) >= 11 is 0. The zero-order chi connectivity index (χ0) is 16.8. The van der Waals surface area contributed by atoms with Crippen LogP contribution >= 0.6 is 0 Å². The Kier molecular flexibility index (Phi) is 5.72. The Morgan fingerprint density at radius 3 is 2.88 bits per heavy atom. The molecule has 0 aromatic carbocycles. The topological polar surface area (TPSA) is 69.2 Å². The average molecular weight is 328 g/mol. The van der Waals surface area contributed by atoms with Crippen molar-refractivity contribution in [2.45, 2.75) is 38.8 Å². The van der Waals surface area contributed by atoms with Crippen molar-refractivity contribution in [1.29, 1.82) is 0 Å². The Balaban J connectivity index is 1.67. The highest BCUT2D eigenvalue weighted by molar-refractivity contribution is 5.56. The molecule has 0 aliphatic carbocycles. The second kappa shape index (κ2) is 8.17. The van der Waals surface area contributed by atoms with Gasteiger partial charge >= 0.3 is 0 Å². The molecule has 2 unspecified atom stereocenters. The first-order valence-electron chi connectivity index (χ1n) is 8.49. The Morgan fingerprint density at radius 2 is 2.17 bits per heavy atom. The number of nitrogens with one attached hydrogen (secondary N) is 1. The monoisotopic (exact) mass is 328 g/mol. The molecule has 0 bridgehead atoms. The lowest BCUT2D eigenvalue weighted by Crippen LogP contribution is -2.26. The van der Waals surface area contributed by atoms with Crippen LogP contribution in [0.2, 0.25) is 0 Å². The van der Waals surface area contributed by atoms with Crippen LogP contribution in [0.25, 0.3) is 11.4 Å². The van der Waals surface area contributed by atoms with Crippen LogP contribution in [0.4, 0.5) is 5.82 Å². The van der Waals surface area contributed by atoms with Gasteiger partial charge in [0.15, 0.2) is 5.82 Å². The van der Waals surface area contributed by atoms with Crippen LogP contribution in [-0.4, -0.2) is 46.9 Å². The normalized spacial score (nSPS) is 18.5. The molecule has 3 rings (SSSR count). The molecule has 1 aliphatic heterocycles. The second-order valence-corrected chi connectivity index (χ2v) is 6.02. The van der Waals surface area contributed by atoms with Crippen molar-refractivity contribution >= 4 is 5.82 Å². The van der Waals surface area contributed by atoms with Gasteiger partial charge in [-0.2, -0.15) is 0 Å². The molecule has 3 heterocycles. The first-order chi connectivity index (χ1) is 11.7. The first kappa shape index (κ1) is 16.8. The fourth-order valence-corrected chi connectivity index (χ4v) is 2.60. The minimum absolute atomic E-state index is 0.162. The smallest absolute Gasteiger partial charge is 0.161 e. The van der Waals surface area contributed by atoms with Gasteiger partial charge < -0.3 is 14.8 Å². The zero-order valence-corrected chi connectivity index (χ0v) is 14.2. The molecule has 1 aliphatic rings. The van der Waals surface area contributed by atoms with Gasteiger partial charge in [-0.3, -0.25) is 4.98 Å². The predicted octanol–water partition coefficient (Wildman–Crippen LogP) is 2.71. The molecule has 128 valence electrons. The molecule has 2 atom stereocenters. The summed E-state index contributed by atoms with van der Waals surface area (Å²) < 4.78 is 11.2. The lowest BCUT2D eigenvalue weighted by molar-refractivity contribution is 0.0395. The summed E-state index contributed by atoms with van der Waals surface area (Å²) in [6, 6.07) is 6.01. The molecule has 0 saturated carbocycles. The second-order valence-electron chi connectivity index (χ2n) is 6.02. The van der Waals surface area contributed by atoms with E-state index in [0.29, 0.717) is 13.2 Å². The number of ether oxygens (including phenoxy) is 2. The molecule has 0 radical (unpaired) electrons. The number of aromatic nitrogens is 3. The maximum atomic E-state index is 5.87. The Bertz CT molecular complexity index is 645. The van der Waals surface area contributed by atoms with Crippen LogP contribution < -0.4 is 5.32 Å². The predicted molar refractivity (Wildman–Crippen MR) is 92.9 cm³/mol. The van der Waals surface area contributed by atoms with Crippen LogP contribution in [0, 0.1) is 0 Å². The van der Waals surface area contributed by atoms with Gasteiger partial charge in [-0.25, -0.2) is 9.97 Å². The highest BCUT2D eigenvalue weighted by atomic mass is 16.5. The first-order valence-corrected chi connectivity index (χ1v) is 8.49. The molecule has 2 aromatic rings. The van der Waals surface area contributed by atoms with Gasteiger partial charge in [0.05, 0.1) is 19.3 Å². The molecule has 0 amide bonds. The summed E-state index contributed by atoms with van der Waals surface area (Å²) in [6.45, 7) is 6.31. The van der Waals surface area contributed by atoms with E-state index in [1.165, 1.54) is 0 Å². The van der Waals surface area contributed by atoms with E-state index in [4.69, 9.17) is 9.47 Å². The highest BCUT2D eigenvalue weighted by Crippen LogP contribution is 2.18. The highest BCUT2D eigenvalue weighted by Gasteiger charge is 2.17. The number of hydrogen-bond donors (Lipinski definition) is 1. The third-order valence-corrected chi connectivity index (χ3v) is 3.94. The van der Waals surface area contributed by atoms with E-state index in [-0.39, 0.29) is 12.1 Å². The summed E-state index contributed by atoms with van der Waals surface area (Å²) in [7, 11) is 0. The fraction of sp³-hybridized carbons (Fsp3) is 0.500. The zero-order valence-electron chi connectivity index (χ0n) is 14.2. The van der Waals surface area contributed by atoms with E-state index in [2.05, 4.69) is 34.1 Å². The maximum Gasteiger partial charge on any atom is 0.161 e.